The van der Waals surface area contributed by atoms with Crippen LogP contribution >= 0.6 is 0 Å². The molecule has 1 saturated heterocycles. The van der Waals surface area contributed by atoms with Crippen LogP contribution in [0, 0.1) is 5.92 Å². The van der Waals surface area contributed by atoms with Gasteiger partial charge in [-0.3, -0.25) is 9.78 Å². The lowest BCUT2D eigenvalue weighted by molar-refractivity contribution is -0.133. The first-order chi connectivity index (χ1) is 12.0. The standard InChI is InChI=1S/C17H27N5O3/c1-11(12-6-4-3-5-7-12)18-15-19-16(24)22(17(25)20-15)13-8-9-21(2)14(23)10-13/h11-13H,3-10H2,1-2H3,(H2,18,19,20,24,25)/t11-,13?/m0/s1. The van der Waals surface area contributed by atoms with Gasteiger partial charge in [0.05, 0.1) is 6.04 Å². The van der Waals surface area contributed by atoms with Gasteiger partial charge in [-0.05, 0) is 32.1 Å². The summed E-state index contributed by atoms with van der Waals surface area (Å²) in [6.45, 7) is 2.60. The number of nitrogens with zero attached hydrogens (tertiary/aromatic N) is 3. The van der Waals surface area contributed by atoms with E-state index in [-0.39, 0.29) is 24.3 Å². The van der Waals surface area contributed by atoms with Gasteiger partial charge in [0.2, 0.25) is 11.9 Å². The molecule has 1 aromatic heterocycles. The van der Waals surface area contributed by atoms with Gasteiger partial charge in [0.1, 0.15) is 0 Å². The summed E-state index contributed by atoms with van der Waals surface area (Å²) in [5, 5.41) is 3.18. The molecule has 1 aliphatic heterocycles. The van der Waals surface area contributed by atoms with E-state index in [1.165, 1.54) is 19.3 Å². The number of piperidine rings is 1. The molecule has 2 heterocycles. The van der Waals surface area contributed by atoms with E-state index in [4.69, 9.17) is 0 Å². The number of amides is 1. The van der Waals surface area contributed by atoms with E-state index < -0.39 is 17.4 Å². The minimum Gasteiger partial charge on any atom is -0.353 e. The summed E-state index contributed by atoms with van der Waals surface area (Å²) < 4.78 is 1.08. The monoisotopic (exact) mass is 349 g/mol. The third-order valence-electron chi connectivity index (χ3n) is 5.58. The lowest BCUT2D eigenvalue weighted by atomic mass is 9.85. The molecule has 0 aromatic carbocycles. The van der Waals surface area contributed by atoms with E-state index in [9.17, 15) is 14.4 Å². The van der Waals surface area contributed by atoms with Crippen LogP contribution in [0.2, 0.25) is 0 Å². The van der Waals surface area contributed by atoms with Crippen LogP contribution in [-0.2, 0) is 4.79 Å². The van der Waals surface area contributed by atoms with Crippen LogP contribution in [-0.4, -0.2) is 45.0 Å². The van der Waals surface area contributed by atoms with Gasteiger partial charge >= 0.3 is 11.4 Å². The van der Waals surface area contributed by atoms with Crippen molar-refractivity contribution in [3.63, 3.8) is 0 Å². The summed E-state index contributed by atoms with van der Waals surface area (Å²) in [5.74, 6) is 0.701. The fourth-order valence-corrected chi connectivity index (χ4v) is 3.93. The fourth-order valence-electron chi connectivity index (χ4n) is 3.93. The van der Waals surface area contributed by atoms with E-state index in [2.05, 4.69) is 22.2 Å². The lowest BCUT2D eigenvalue weighted by Crippen LogP contribution is -2.46. The number of hydrogen-bond donors (Lipinski definition) is 2. The maximum atomic E-state index is 12.4. The highest BCUT2D eigenvalue weighted by molar-refractivity contribution is 5.77. The highest BCUT2D eigenvalue weighted by Crippen LogP contribution is 2.27. The molecule has 8 nitrogen and oxygen atoms in total. The minimum atomic E-state index is -0.593. The molecule has 0 radical (unpaired) electrons. The molecular formula is C17H27N5O3. The minimum absolute atomic E-state index is 0.0596. The van der Waals surface area contributed by atoms with Crippen molar-refractivity contribution in [3.8, 4) is 0 Å². The predicted molar refractivity (Wildman–Crippen MR) is 94.7 cm³/mol. The van der Waals surface area contributed by atoms with Gasteiger partial charge in [0, 0.05) is 26.1 Å². The van der Waals surface area contributed by atoms with E-state index >= 15 is 0 Å². The Labute approximate surface area is 146 Å². The van der Waals surface area contributed by atoms with Crippen LogP contribution in [0.25, 0.3) is 0 Å². The number of likely N-dealkylation sites (tertiary alicyclic amines) is 1. The number of aromatic nitrogens is 3. The zero-order valence-electron chi connectivity index (χ0n) is 15.0. The molecule has 1 amide bonds. The Bertz CT molecular complexity index is 703. The Morgan fingerprint density at radius 2 is 1.88 bits per heavy atom. The number of rotatable bonds is 4. The molecule has 25 heavy (non-hydrogen) atoms. The first-order valence-corrected chi connectivity index (χ1v) is 9.19. The molecule has 2 atom stereocenters. The van der Waals surface area contributed by atoms with Crippen molar-refractivity contribution >= 4 is 11.9 Å². The molecule has 2 aliphatic rings. The van der Waals surface area contributed by atoms with Gasteiger partial charge < -0.3 is 10.2 Å². The van der Waals surface area contributed by atoms with Crippen LogP contribution in [0.4, 0.5) is 5.95 Å². The van der Waals surface area contributed by atoms with E-state index in [0.717, 1.165) is 17.4 Å². The first kappa shape index (κ1) is 17.7. The van der Waals surface area contributed by atoms with Gasteiger partial charge in [-0.2, -0.15) is 4.98 Å². The van der Waals surface area contributed by atoms with Crippen molar-refractivity contribution in [1.82, 2.24) is 19.4 Å². The summed E-state index contributed by atoms with van der Waals surface area (Å²) in [6.07, 6.45) is 6.80. The maximum absolute atomic E-state index is 12.4. The Hall–Kier alpha value is -2.12. The van der Waals surface area contributed by atoms with Crippen molar-refractivity contribution in [3.05, 3.63) is 21.0 Å². The van der Waals surface area contributed by atoms with E-state index in [1.54, 1.807) is 11.9 Å². The molecule has 2 N–H and O–H groups in total. The van der Waals surface area contributed by atoms with Gasteiger partial charge in [-0.25, -0.2) is 14.2 Å². The van der Waals surface area contributed by atoms with Gasteiger partial charge in [-0.15, -0.1) is 0 Å². The van der Waals surface area contributed by atoms with Crippen LogP contribution in [0.15, 0.2) is 9.59 Å². The molecule has 3 rings (SSSR count). The number of anilines is 1. The van der Waals surface area contributed by atoms with Gasteiger partial charge in [0.25, 0.3) is 0 Å². The van der Waals surface area contributed by atoms with Crippen LogP contribution in [0.1, 0.15) is 57.9 Å². The van der Waals surface area contributed by atoms with E-state index in [0.29, 0.717) is 18.9 Å². The number of nitrogens with one attached hydrogen (secondary N) is 2. The molecule has 0 bridgehead atoms. The Morgan fingerprint density at radius 3 is 2.52 bits per heavy atom. The zero-order valence-corrected chi connectivity index (χ0v) is 15.0. The van der Waals surface area contributed by atoms with Crippen molar-refractivity contribution in [2.75, 3.05) is 18.9 Å². The highest BCUT2D eigenvalue weighted by Gasteiger charge is 2.27. The zero-order chi connectivity index (χ0) is 18.0. The SMILES string of the molecule is C[C@H](Nc1nc(=O)n(C2CCN(C)C(=O)C2)c(=O)[nH]1)C1CCCCC1. The smallest absolute Gasteiger partial charge is 0.353 e. The fraction of sp³-hybridized carbons (Fsp3) is 0.765. The van der Waals surface area contributed by atoms with Crippen molar-refractivity contribution < 1.29 is 4.79 Å². The molecule has 1 aliphatic carbocycles. The molecule has 1 saturated carbocycles. The second-order valence-corrected chi connectivity index (χ2v) is 7.34. The molecule has 8 heteroatoms. The maximum Gasteiger partial charge on any atom is 0.355 e. The first-order valence-electron chi connectivity index (χ1n) is 9.19. The predicted octanol–water partition coefficient (Wildman–Crippen LogP) is 1.11. The quantitative estimate of drug-likeness (QED) is 0.848. The van der Waals surface area contributed by atoms with Crippen LogP contribution in [0.5, 0.6) is 0 Å². The van der Waals surface area contributed by atoms with Gasteiger partial charge in [-0.1, -0.05) is 19.3 Å². The average Bonchev–Trinajstić information content (AvgIpc) is 2.58. The Balaban J connectivity index is 1.75. The third kappa shape index (κ3) is 3.93. The lowest BCUT2D eigenvalue weighted by Gasteiger charge is -2.29. The van der Waals surface area contributed by atoms with E-state index in [1.807, 2.05) is 0 Å². The number of hydrogen-bond acceptors (Lipinski definition) is 5. The summed E-state index contributed by atoms with van der Waals surface area (Å²) in [5.41, 5.74) is -1.09. The highest BCUT2D eigenvalue weighted by atomic mass is 16.2. The van der Waals surface area contributed by atoms with Crippen LogP contribution < -0.4 is 16.7 Å². The summed E-state index contributed by atoms with van der Waals surface area (Å²) in [4.78, 5) is 44.9. The molecular weight excluding hydrogens is 322 g/mol. The van der Waals surface area contributed by atoms with Crippen molar-refractivity contribution in [2.45, 2.75) is 64.0 Å². The van der Waals surface area contributed by atoms with Crippen molar-refractivity contribution in [1.29, 1.82) is 0 Å². The number of H-pyrrole nitrogens is 1. The Morgan fingerprint density at radius 1 is 1.16 bits per heavy atom. The van der Waals surface area contributed by atoms with Crippen molar-refractivity contribution in [2.24, 2.45) is 5.92 Å². The van der Waals surface area contributed by atoms with Gasteiger partial charge in [0.15, 0.2) is 0 Å². The summed E-state index contributed by atoms with van der Waals surface area (Å²) >= 11 is 0. The average molecular weight is 349 g/mol. The summed E-state index contributed by atoms with van der Waals surface area (Å²) in [6, 6.07) is -0.263. The second kappa shape index (κ2) is 7.41. The number of aromatic amines is 1. The molecule has 1 aromatic rings. The normalized spacial score (nSPS) is 23.5. The molecule has 1 unspecified atom stereocenters. The third-order valence-corrected chi connectivity index (χ3v) is 5.58. The van der Waals surface area contributed by atoms with Crippen LogP contribution in [0.3, 0.4) is 0 Å². The molecule has 0 spiro atoms. The summed E-state index contributed by atoms with van der Waals surface area (Å²) in [7, 11) is 1.73. The molecule has 2 fully saturated rings. The second-order valence-electron chi connectivity index (χ2n) is 7.34. The number of carbonyl (C=O) groups excluding carboxylic acids is 1. The largest absolute Gasteiger partial charge is 0.355 e. The Kier molecular flexibility index (Phi) is 5.24. The number of carbonyl (C=O) groups is 1. The topological polar surface area (TPSA) is 100 Å². The molecule has 138 valence electrons.